The maximum Gasteiger partial charge on any atom is 0.108 e. The molecule has 0 aromatic heterocycles. The van der Waals surface area contributed by atoms with Crippen LogP contribution < -0.4 is 0 Å². The molecule has 1 rings (SSSR count). The van der Waals surface area contributed by atoms with Gasteiger partial charge in [0.25, 0.3) is 0 Å². The van der Waals surface area contributed by atoms with Gasteiger partial charge in [-0.1, -0.05) is 0 Å². The molecule has 4 heteroatoms. The summed E-state index contributed by atoms with van der Waals surface area (Å²) in [6.07, 6.45) is -0.0740. The van der Waals surface area contributed by atoms with Crippen molar-refractivity contribution in [1.29, 1.82) is 0 Å². The summed E-state index contributed by atoms with van der Waals surface area (Å²) in [4.78, 5) is 0. The first-order valence-electron chi connectivity index (χ1n) is 3.39. The zero-order chi connectivity index (χ0) is 7.72. The lowest BCUT2D eigenvalue weighted by atomic mass is 9.94. The molecule has 3 nitrogen and oxygen atoms in total. The fraction of sp³-hybridized carbons (Fsp3) is 1.00. The first-order valence-corrected chi connectivity index (χ1v) is 3.39. The molecule has 1 fully saturated rings. The minimum atomic E-state index is -0.865. The van der Waals surface area contributed by atoms with E-state index in [1.54, 1.807) is 0 Å². The van der Waals surface area contributed by atoms with Crippen LogP contribution in [0, 0.1) is 11.8 Å². The fourth-order valence-corrected chi connectivity index (χ4v) is 1.26. The molecule has 0 spiro atoms. The molecule has 1 saturated carbocycles. The van der Waals surface area contributed by atoms with Crippen molar-refractivity contribution in [1.82, 2.24) is 0 Å². The Kier molecular flexibility index (Phi) is 2.34. The second-order valence-corrected chi connectivity index (χ2v) is 2.80. The van der Waals surface area contributed by atoms with Crippen LogP contribution in [0.2, 0.25) is 0 Å². The SMILES string of the molecule is [B][C@H](O)CC1C(O)C1CO. The third kappa shape index (κ3) is 1.51. The highest BCUT2D eigenvalue weighted by Crippen LogP contribution is 2.41. The van der Waals surface area contributed by atoms with Crippen molar-refractivity contribution in [2.45, 2.75) is 18.5 Å². The van der Waals surface area contributed by atoms with Gasteiger partial charge in [-0.2, -0.15) is 0 Å². The van der Waals surface area contributed by atoms with E-state index in [0.717, 1.165) is 0 Å². The van der Waals surface area contributed by atoms with E-state index in [0.29, 0.717) is 6.42 Å². The molecule has 0 aromatic rings. The molecule has 3 N–H and O–H groups in total. The molecule has 0 aromatic carbocycles. The quantitative estimate of drug-likeness (QED) is 0.418. The Hall–Kier alpha value is -0.0551. The standard InChI is InChI=1S/C6H11BO3/c7-5(9)1-3-4(2-8)6(3)10/h3-6,8-10H,1-2H2/t3?,4?,5-,6?/m1/s1. The van der Waals surface area contributed by atoms with E-state index in [1.807, 2.05) is 0 Å². The summed E-state index contributed by atoms with van der Waals surface area (Å²) in [7, 11) is 5.08. The Morgan fingerprint density at radius 2 is 2.00 bits per heavy atom. The molecule has 3 unspecified atom stereocenters. The minimum Gasteiger partial charge on any atom is -0.403 e. The van der Waals surface area contributed by atoms with E-state index in [9.17, 15) is 0 Å². The van der Waals surface area contributed by atoms with Gasteiger partial charge in [-0.3, -0.25) is 0 Å². The summed E-state index contributed by atoms with van der Waals surface area (Å²) >= 11 is 0. The molecule has 0 saturated heterocycles. The van der Waals surface area contributed by atoms with Crippen LogP contribution in [0.5, 0.6) is 0 Å². The maximum atomic E-state index is 9.01. The van der Waals surface area contributed by atoms with Crippen molar-refractivity contribution in [2.75, 3.05) is 6.61 Å². The van der Waals surface area contributed by atoms with Gasteiger partial charge < -0.3 is 15.3 Å². The molecular weight excluding hydrogens is 131 g/mol. The lowest BCUT2D eigenvalue weighted by Crippen LogP contribution is -2.07. The van der Waals surface area contributed by atoms with Crippen molar-refractivity contribution < 1.29 is 15.3 Å². The molecule has 1 aliphatic rings. The highest BCUT2D eigenvalue weighted by Gasteiger charge is 2.48. The van der Waals surface area contributed by atoms with Crippen LogP contribution >= 0.6 is 0 Å². The van der Waals surface area contributed by atoms with Gasteiger partial charge in [0, 0.05) is 18.5 Å². The van der Waals surface area contributed by atoms with Crippen LogP contribution in [0.25, 0.3) is 0 Å². The Balaban J connectivity index is 2.21. The van der Waals surface area contributed by atoms with Crippen LogP contribution in [-0.4, -0.2) is 41.9 Å². The monoisotopic (exact) mass is 142 g/mol. The highest BCUT2D eigenvalue weighted by molar-refractivity contribution is 6.10. The summed E-state index contributed by atoms with van der Waals surface area (Å²) in [5.41, 5.74) is 0. The predicted molar refractivity (Wildman–Crippen MR) is 36.5 cm³/mol. The summed E-state index contributed by atoms with van der Waals surface area (Å²) in [5.74, 6) is -0.0526. The molecule has 0 heterocycles. The van der Waals surface area contributed by atoms with Gasteiger partial charge in [-0.15, -0.1) is 0 Å². The van der Waals surface area contributed by atoms with Crippen molar-refractivity contribution in [3.05, 3.63) is 0 Å². The van der Waals surface area contributed by atoms with Crippen molar-refractivity contribution >= 4 is 7.85 Å². The Labute approximate surface area is 61.1 Å². The van der Waals surface area contributed by atoms with E-state index in [4.69, 9.17) is 23.2 Å². The smallest absolute Gasteiger partial charge is 0.108 e. The third-order valence-corrected chi connectivity index (χ3v) is 2.01. The molecule has 1 aliphatic carbocycles. The molecular formula is C6H11BO3. The lowest BCUT2D eigenvalue weighted by molar-refractivity contribution is 0.203. The number of rotatable bonds is 3. The van der Waals surface area contributed by atoms with Gasteiger partial charge in [0.15, 0.2) is 0 Å². The van der Waals surface area contributed by atoms with Crippen molar-refractivity contribution in [2.24, 2.45) is 11.8 Å². The summed E-state index contributed by atoms with van der Waals surface area (Å²) in [6.45, 7) is -0.0153. The van der Waals surface area contributed by atoms with Crippen LogP contribution in [0.3, 0.4) is 0 Å². The van der Waals surface area contributed by atoms with E-state index in [2.05, 4.69) is 0 Å². The van der Waals surface area contributed by atoms with Crippen LogP contribution in [0.1, 0.15) is 6.42 Å². The molecule has 10 heavy (non-hydrogen) atoms. The number of hydrogen-bond acceptors (Lipinski definition) is 3. The van der Waals surface area contributed by atoms with Crippen molar-refractivity contribution in [3.63, 3.8) is 0 Å². The lowest BCUT2D eigenvalue weighted by Gasteiger charge is -2.00. The van der Waals surface area contributed by atoms with E-state index in [-0.39, 0.29) is 18.4 Å². The average molecular weight is 142 g/mol. The third-order valence-electron chi connectivity index (χ3n) is 2.01. The maximum absolute atomic E-state index is 9.01. The first-order chi connectivity index (χ1) is 4.66. The summed E-state index contributed by atoms with van der Waals surface area (Å²) in [6, 6.07) is -0.865. The first kappa shape index (κ1) is 8.05. The molecule has 56 valence electrons. The molecule has 0 amide bonds. The fourth-order valence-electron chi connectivity index (χ4n) is 1.26. The number of hydrogen-bond donors (Lipinski definition) is 3. The zero-order valence-electron chi connectivity index (χ0n) is 5.64. The van der Waals surface area contributed by atoms with Gasteiger partial charge in [0.2, 0.25) is 0 Å². The average Bonchev–Trinajstić information content (AvgIpc) is 2.41. The second-order valence-electron chi connectivity index (χ2n) is 2.80. The van der Waals surface area contributed by atoms with Gasteiger partial charge in [-0.25, -0.2) is 0 Å². The zero-order valence-corrected chi connectivity index (χ0v) is 5.64. The molecule has 0 bridgehead atoms. The number of aliphatic hydroxyl groups is 3. The van der Waals surface area contributed by atoms with Crippen LogP contribution in [0.15, 0.2) is 0 Å². The van der Waals surface area contributed by atoms with Crippen LogP contribution in [-0.2, 0) is 0 Å². The van der Waals surface area contributed by atoms with Crippen molar-refractivity contribution in [3.8, 4) is 0 Å². The number of aliphatic hydroxyl groups excluding tert-OH is 3. The molecule has 4 atom stereocenters. The Morgan fingerprint density at radius 3 is 2.30 bits per heavy atom. The van der Waals surface area contributed by atoms with Gasteiger partial charge >= 0.3 is 0 Å². The Bertz CT molecular complexity index is 118. The van der Waals surface area contributed by atoms with E-state index < -0.39 is 12.1 Å². The molecule has 2 radical (unpaired) electrons. The molecule has 0 aliphatic heterocycles. The largest absolute Gasteiger partial charge is 0.403 e. The van der Waals surface area contributed by atoms with Gasteiger partial charge in [-0.05, 0) is 12.3 Å². The highest BCUT2D eigenvalue weighted by atomic mass is 16.3. The summed E-state index contributed by atoms with van der Waals surface area (Å²) in [5, 5.41) is 26.3. The van der Waals surface area contributed by atoms with Crippen LogP contribution in [0.4, 0.5) is 0 Å². The van der Waals surface area contributed by atoms with E-state index >= 15 is 0 Å². The second kappa shape index (κ2) is 2.90. The Morgan fingerprint density at radius 1 is 1.40 bits per heavy atom. The van der Waals surface area contributed by atoms with E-state index in [1.165, 1.54) is 0 Å². The topological polar surface area (TPSA) is 60.7 Å². The summed E-state index contributed by atoms with van der Waals surface area (Å²) < 4.78 is 0. The van der Waals surface area contributed by atoms with Gasteiger partial charge in [0.1, 0.15) is 7.85 Å². The predicted octanol–water partition coefficient (Wildman–Crippen LogP) is -1.54. The van der Waals surface area contributed by atoms with Gasteiger partial charge in [0.05, 0.1) is 6.10 Å². The normalized spacial score (nSPS) is 41.3. The minimum absolute atomic E-state index is 0.00463.